The summed E-state index contributed by atoms with van der Waals surface area (Å²) in [6.07, 6.45) is 9.04. The Bertz CT molecular complexity index is 950. The third-order valence-electron chi connectivity index (χ3n) is 4.73. The number of primary amides is 1. The van der Waals surface area contributed by atoms with Gasteiger partial charge in [0.25, 0.3) is 5.91 Å². The van der Waals surface area contributed by atoms with Gasteiger partial charge >= 0.3 is 0 Å². The summed E-state index contributed by atoms with van der Waals surface area (Å²) in [5.41, 5.74) is 15.2. The van der Waals surface area contributed by atoms with E-state index < -0.39 is 11.7 Å². The molecule has 0 aliphatic heterocycles. The van der Waals surface area contributed by atoms with Crippen LogP contribution in [0.5, 0.6) is 0 Å². The molecule has 0 spiro atoms. The maximum atomic E-state index is 14.6. The van der Waals surface area contributed by atoms with Crippen LogP contribution in [0.3, 0.4) is 0 Å². The van der Waals surface area contributed by atoms with Crippen molar-refractivity contribution in [3.63, 3.8) is 0 Å². The number of nitrogens with one attached hydrogen (secondary N) is 4. The van der Waals surface area contributed by atoms with Gasteiger partial charge in [0.1, 0.15) is 5.82 Å². The van der Waals surface area contributed by atoms with E-state index in [1.54, 1.807) is 6.07 Å². The molecule has 2 aromatic rings. The third kappa shape index (κ3) is 5.26. The zero-order valence-electron chi connectivity index (χ0n) is 16.2. The lowest BCUT2D eigenvalue weighted by molar-refractivity contribution is 0.100. The van der Waals surface area contributed by atoms with E-state index >= 15 is 0 Å². The lowest BCUT2D eigenvalue weighted by Crippen LogP contribution is -2.43. The first-order chi connectivity index (χ1) is 14.5. The number of rotatable bonds is 8. The van der Waals surface area contributed by atoms with Crippen LogP contribution in [0.4, 0.5) is 27.4 Å². The number of pyridine rings is 2. The van der Waals surface area contributed by atoms with Crippen LogP contribution < -0.4 is 27.5 Å². The summed E-state index contributed by atoms with van der Waals surface area (Å²) in [5, 5.41) is 16.7. The van der Waals surface area contributed by atoms with Gasteiger partial charge in [0.05, 0.1) is 35.5 Å². The molecule has 1 aliphatic carbocycles. The predicted octanol–water partition coefficient (Wildman–Crippen LogP) is 2.19. The van der Waals surface area contributed by atoms with Gasteiger partial charge in [0.2, 0.25) is 0 Å². The monoisotopic (exact) mass is 413 g/mol. The minimum atomic E-state index is -0.817. The van der Waals surface area contributed by atoms with Crippen LogP contribution in [0.1, 0.15) is 36.0 Å². The molecule has 158 valence electrons. The summed E-state index contributed by atoms with van der Waals surface area (Å²) in [6.45, 7) is 0. The Kier molecular flexibility index (Phi) is 6.86. The normalized spacial score (nSPS) is 18.7. The topological polar surface area (TPSA) is 167 Å². The number of aromatic nitrogens is 2. The standard InChI is InChI=1S/C19H24FN9O/c20-14-8-13(17(23)30)18(28-19(14)27-16-4-2-1-3-15(16)22)26-11-7-12(10-24-9-11)29-25-6-5-21/h5-10,15-16,21,29H,1-4,22H2,(H2,23,30)(H2,26,27,28)/b21-5?,25-6-/t15-,16+/m0/s1. The fraction of sp³-hybridized carbons (Fsp3) is 0.316. The summed E-state index contributed by atoms with van der Waals surface area (Å²) in [6, 6.07) is 2.52. The average Bonchev–Trinajstić information content (AvgIpc) is 2.72. The summed E-state index contributed by atoms with van der Waals surface area (Å²) in [7, 11) is 0. The molecule has 3 rings (SSSR count). The van der Waals surface area contributed by atoms with E-state index in [1.807, 2.05) is 0 Å². The average molecular weight is 413 g/mol. The minimum absolute atomic E-state index is 0.00247. The maximum absolute atomic E-state index is 14.6. The summed E-state index contributed by atoms with van der Waals surface area (Å²) in [5.74, 6) is -1.40. The molecule has 0 saturated heterocycles. The van der Waals surface area contributed by atoms with E-state index in [1.165, 1.54) is 18.6 Å². The fourth-order valence-corrected chi connectivity index (χ4v) is 3.24. The smallest absolute Gasteiger partial charge is 0.252 e. The first-order valence-corrected chi connectivity index (χ1v) is 9.50. The highest BCUT2D eigenvalue weighted by Gasteiger charge is 2.24. The number of nitrogens with two attached hydrogens (primary N) is 2. The van der Waals surface area contributed by atoms with Crippen molar-refractivity contribution in [3.8, 4) is 0 Å². The number of hydrazone groups is 1. The second-order valence-electron chi connectivity index (χ2n) is 6.92. The van der Waals surface area contributed by atoms with Crippen molar-refractivity contribution >= 4 is 41.3 Å². The molecular formula is C19H24FN9O. The van der Waals surface area contributed by atoms with E-state index in [2.05, 4.69) is 31.1 Å². The molecule has 0 aromatic carbocycles. The molecular weight excluding hydrogens is 389 g/mol. The molecule has 2 heterocycles. The Labute approximate surface area is 172 Å². The van der Waals surface area contributed by atoms with Crippen molar-refractivity contribution in [2.24, 2.45) is 16.6 Å². The number of nitrogens with zero attached hydrogens (tertiary/aromatic N) is 3. The number of anilines is 4. The maximum Gasteiger partial charge on any atom is 0.252 e. The van der Waals surface area contributed by atoms with Crippen LogP contribution in [0.15, 0.2) is 29.6 Å². The number of carbonyl (C=O) groups is 1. The van der Waals surface area contributed by atoms with Gasteiger partial charge in [0, 0.05) is 18.3 Å². The molecule has 11 heteroatoms. The first-order valence-electron chi connectivity index (χ1n) is 9.50. The quantitative estimate of drug-likeness (QED) is 0.285. The lowest BCUT2D eigenvalue weighted by Gasteiger charge is -2.30. The molecule has 1 amide bonds. The van der Waals surface area contributed by atoms with Gasteiger partial charge in [-0.1, -0.05) is 12.8 Å². The number of amides is 1. The van der Waals surface area contributed by atoms with E-state index in [0.29, 0.717) is 11.4 Å². The van der Waals surface area contributed by atoms with Gasteiger partial charge < -0.3 is 27.5 Å². The minimum Gasteiger partial charge on any atom is -0.365 e. The third-order valence-corrected chi connectivity index (χ3v) is 4.73. The molecule has 1 saturated carbocycles. The number of hydrogen-bond acceptors (Lipinski definition) is 9. The van der Waals surface area contributed by atoms with Gasteiger partial charge in [-0.2, -0.15) is 5.10 Å². The second-order valence-corrected chi connectivity index (χ2v) is 6.92. The molecule has 2 atom stereocenters. The van der Waals surface area contributed by atoms with E-state index in [9.17, 15) is 9.18 Å². The van der Waals surface area contributed by atoms with Crippen LogP contribution in [0, 0.1) is 11.2 Å². The van der Waals surface area contributed by atoms with E-state index in [-0.39, 0.29) is 29.3 Å². The molecule has 8 N–H and O–H groups in total. The highest BCUT2D eigenvalue weighted by molar-refractivity contribution is 6.14. The van der Waals surface area contributed by atoms with Crippen molar-refractivity contribution in [2.45, 2.75) is 37.8 Å². The SMILES string of the molecule is N=C/C=N\Nc1cncc(Nc2nc(N[C@@H]3CCCC[C@@H]3N)c(F)cc2C(N)=O)c1. The molecule has 2 aromatic heterocycles. The number of hydrogen-bond donors (Lipinski definition) is 6. The zero-order valence-corrected chi connectivity index (χ0v) is 16.2. The summed E-state index contributed by atoms with van der Waals surface area (Å²) < 4.78 is 14.6. The Morgan fingerprint density at radius 1 is 1.23 bits per heavy atom. The summed E-state index contributed by atoms with van der Waals surface area (Å²) >= 11 is 0. The van der Waals surface area contributed by atoms with Crippen molar-refractivity contribution in [2.75, 3.05) is 16.1 Å². The van der Waals surface area contributed by atoms with Crippen LogP contribution in [0.25, 0.3) is 0 Å². The van der Waals surface area contributed by atoms with Crippen LogP contribution in [-0.2, 0) is 0 Å². The van der Waals surface area contributed by atoms with Gasteiger partial charge in [-0.15, -0.1) is 0 Å². The predicted molar refractivity (Wildman–Crippen MR) is 115 cm³/mol. The van der Waals surface area contributed by atoms with Crippen molar-refractivity contribution in [3.05, 3.63) is 35.9 Å². The zero-order chi connectivity index (χ0) is 21.5. The van der Waals surface area contributed by atoms with Crippen LogP contribution in [-0.4, -0.2) is 40.4 Å². The largest absolute Gasteiger partial charge is 0.365 e. The van der Waals surface area contributed by atoms with E-state index in [4.69, 9.17) is 16.9 Å². The van der Waals surface area contributed by atoms with Crippen molar-refractivity contribution in [1.29, 1.82) is 5.41 Å². The Morgan fingerprint density at radius 3 is 2.73 bits per heavy atom. The molecule has 30 heavy (non-hydrogen) atoms. The Balaban J connectivity index is 1.87. The Morgan fingerprint density at radius 2 is 2.00 bits per heavy atom. The fourth-order valence-electron chi connectivity index (χ4n) is 3.24. The van der Waals surface area contributed by atoms with Gasteiger partial charge in [-0.05, 0) is 25.0 Å². The van der Waals surface area contributed by atoms with Crippen molar-refractivity contribution < 1.29 is 9.18 Å². The number of carbonyl (C=O) groups excluding carboxylic acids is 1. The molecule has 1 fully saturated rings. The number of halogens is 1. The van der Waals surface area contributed by atoms with Crippen LogP contribution >= 0.6 is 0 Å². The summed E-state index contributed by atoms with van der Waals surface area (Å²) in [4.78, 5) is 20.2. The van der Waals surface area contributed by atoms with Crippen LogP contribution in [0.2, 0.25) is 0 Å². The van der Waals surface area contributed by atoms with Gasteiger partial charge in [-0.3, -0.25) is 15.2 Å². The van der Waals surface area contributed by atoms with Gasteiger partial charge in [-0.25, -0.2) is 9.37 Å². The highest BCUT2D eigenvalue weighted by atomic mass is 19.1. The molecule has 1 aliphatic rings. The Hall–Kier alpha value is -3.60. The molecule has 0 bridgehead atoms. The molecule has 10 nitrogen and oxygen atoms in total. The first kappa shape index (κ1) is 21.1. The highest BCUT2D eigenvalue weighted by Crippen LogP contribution is 2.27. The lowest BCUT2D eigenvalue weighted by atomic mass is 9.91. The van der Waals surface area contributed by atoms with E-state index in [0.717, 1.165) is 38.0 Å². The molecule has 0 radical (unpaired) electrons. The van der Waals surface area contributed by atoms with Gasteiger partial charge in [0.15, 0.2) is 11.6 Å². The molecule has 0 unspecified atom stereocenters. The second kappa shape index (κ2) is 9.74. The van der Waals surface area contributed by atoms with Crippen molar-refractivity contribution in [1.82, 2.24) is 9.97 Å².